The third-order valence-electron chi connectivity index (χ3n) is 3.84. The minimum Gasteiger partial charge on any atom is -0.497 e. The summed E-state index contributed by atoms with van der Waals surface area (Å²) in [4.78, 5) is 21.0. The minimum atomic E-state index is -1.96. The molecule has 0 amide bonds. The Balaban J connectivity index is 2.30. The summed E-state index contributed by atoms with van der Waals surface area (Å²) in [5.41, 5.74) is 2.06. The molecule has 2 rings (SSSR count). The van der Waals surface area contributed by atoms with Crippen LogP contribution in [0.5, 0.6) is 11.5 Å². The second-order valence-electron chi connectivity index (χ2n) is 5.87. The first-order chi connectivity index (χ1) is 13.9. The molecule has 0 heterocycles. The van der Waals surface area contributed by atoms with Crippen molar-refractivity contribution >= 4 is 12.4 Å². The summed E-state index contributed by atoms with van der Waals surface area (Å²) in [6.07, 6.45) is -3.89. The molecule has 0 aliphatic heterocycles. The number of hydrogen-bond acceptors (Lipinski definition) is 7. The number of carbonyl (C=O) groups is 2. The van der Waals surface area contributed by atoms with Crippen molar-refractivity contribution in [3.05, 3.63) is 58.7 Å². The highest BCUT2D eigenvalue weighted by Crippen LogP contribution is 2.29. The Morgan fingerprint density at radius 3 is 1.93 bits per heavy atom. The molecule has 2 aromatic rings. The average molecular weight is 410 g/mol. The first kappa shape index (κ1) is 22.1. The molecule has 0 fully saturated rings. The van der Waals surface area contributed by atoms with Gasteiger partial charge >= 0.3 is 12.4 Å². The van der Waals surface area contributed by atoms with Gasteiger partial charge < -0.3 is 23.7 Å². The summed E-state index contributed by atoms with van der Waals surface area (Å²) >= 11 is 0. The highest BCUT2D eigenvalue weighted by Gasteiger charge is 2.16. The molecule has 2 aromatic carbocycles. The molecule has 7 nitrogen and oxygen atoms in total. The quantitative estimate of drug-likeness (QED) is 0.528. The zero-order valence-electron chi connectivity index (χ0n) is 15.9. The fourth-order valence-electron chi connectivity index (χ4n) is 2.62. The number of benzene rings is 2. The molecule has 0 unspecified atom stereocenters. The number of carbonyl (C=O) groups excluding carboxylic acids is 2. The summed E-state index contributed by atoms with van der Waals surface area (Å²) in [6, 6.07) is 10.2. The maximum absolute atomic E-state index is 12.6. The Morgan fingerprint density at radius 2 is 1.38 bits per heavy atom. The molecule has 0 spiro atoms. The van der Waals surface area contributed by atoms with E-state index in [9.17, 15) is 18.4 Å². The molecule has 0 saturated carbocycles. The Morgan fingerprint density at radius 1 is 0.793 bits per heavy atom. The van der Waals surface area contributed by atoms with Crippen molar-refractivity contribution in [2.75, 3.05) is 14.2 Å². The van der Waals surface area contributed by atoms with E-state index in [1.807, 2.05) is 12.1 Å². The monoisotopic (exact) mass is 410 g/mol. The van der Waals surface area contributed by atoms with Gasteiger partial charge in [0.05, 0.1) is 13.7 Å². The van der Waals surface area contributed by atoms with E-state index in [4.69, 9.17) is 14.2 Å². The fraction of sp³-hybridized carbons (Fsp3) is 0.300. The van der Waals surface area contributed by atoms with Gasteiger partial charge in [-0.3, -0.25) is 0 Å². The second kappa shape index (κ2) is 11.0. The fourth-order valence-corrected chi connectivity index (χ4v) is 2.62. The lowest BCUT2D eigenvalue weighted by molar-refractivity contribution is 0.112. The first-order valence-corrected chi connectivity index (χ1v) is 8.46. The molecule has 0 aliphatic carbocycles. The molecule has 0 aromatic heterocycles. The van der Waals surface area contributed by atoms with Crippen LogP contribution in [-0.4, -0.2) is 26.7 Å². The van der Waals surface area contributed by atoms with Crippen LogP contribution in [0.15, 0.2) is 36.4 Å². The Labute approximate surface area is 166 Å². The van der Waals surface area contributed by atoms with Gasteiger partial charge in [-0.25, -0.2) is 9.59 Å². The number of methoxy groups -OCH3 is 2. The van der Waals surface area contributed by atoms with Crippen molar-refractivity contribution < 1.29 is 42.1 Å². The van der Waals surface area contributed by atoms with Crippen molar-refractivity contribution in [2.45, 2.75) is 26.4 Å². The SMILES string of the molecule is COCc1cc(COC(=O)F)cc(COC(=O)F)c1OCc1ccc(OC)cc1. The molecule has 0 radical (unpaired) electrons. The predicted octanol–water partition coefficient (Wildman–Crippen LogP) is 4.63. The standard InChI is InChI=1S/C20H20F2O7/c1-25-11-15-7-14(10-28-19(21)23)8-16(12-29-20(22)24)18(15)27-9-13-3-5-17(26-2)6-4-13/h3-8H,9-12H2,1-2H3. The highest BCUT2D eigenvalue weighted by molar-refractivity contribution is 5.59. The van der Waals surface area contributed by atoms with Crippen molar-refractivity contribution in [3.8, 4) is 11.5 Å². The van der Waals surface area contributed by atoms with Crippen LogP contribution in [0, 0.1) is 0 Å². The summed E-state index contributed by atoms with van der Waals surface area (Å²) in [5.74, 6) is 1.01. The topological polar surface area (TPSA) is 80.3 Å². The van der Waals surface area contributed by atoms with Gasteiger partial charge in [0.1, 0.15) is 31.3 Å². The van der Waals surface area contributed by atoms with Gasteiger partial charge in [-0.2, -0.15) is 0 Å². The Kier molecular flexibility index (Phi) is 8.35. The second-order valence-corrected chi connectivity index (χ2v) is 5.87. The number of halogens is 2. The van der Waals surface area contributed by atoms with Gasteiger partial charge in [-0.15, -0.1) is 8.78 Å². The Bertz CT molecular complexity index is 837. The third kappa shape index (κ3) is 7.04. The Hall–Kier alpha value is -3.20. The van der Waals surface area contributed by atoms with E-state index in [1.165, 1.54) is 13.2 Å². The van der Waals surface area contributed by atoms with Crippen LogP contribution in [0.25, 0.3) is 0 Å². The van der Waals surface area contributed by atoms with Gasteiger partial charge in [0.15, 0.2) is 0 Å². The molecular weight excluding hydrogens is 390 g/mol. The molecule has 0 bridgehead atoms. The summed E-state index contributed by atoms with van der Waals surface area (Å²) in [7, 11) is 3.02. The van der Waals surface area contributed by atoms with Crippen molar-refractivity contribution in [1.29, 1.82) is 0 Å². The van der Waals surface area contributed by atoms with Crippen molar-refractivity contribution in [3.63, 3.8) is 0 Å². The molecular formula is C20H20F2O7. The average Bonchev–Trinajstić information content (AvgIpc) is 2.70. The van der Waals surface area contributed by atoms with Gasteiger partial charge in [0, 0.05) is 18.2 Å². The molecule has 0 saturated heterocycles. The van der Waals surface area contributed by atoms with E-state index in [-0.39, 0.29) is 19.8 Å². The number of rotatable bonds is 10. The van der Waals surface area contributed by atoms with Crippen LogP contribution in [-0.2, 0) is 40.6 Å². The van der Waals surface area contributed by atoms with Crippen LogP contribution >= 0.6 is 0 Å². The normalized spacial score (nSPS) is 10.3. The predicted molar refractivity (Wildman–Crippen MR) is 97.1 cm³/mol. The lowest BCUT2D eigenvalue weighted by Gasteiger charge is -2.17. The summed E-state index contributed by atoms with van der Waals surface area (Å²) < 4.78 is 49.9. The van der Waals surface area contributed by atoms with Crippen LogP contribution in [0.4, 0.5) is 18.4 Å². The van der Waals surface area contributed by atoms with Gasteiger partial charge in [-0.05, 0) is 35.4 Å². The highest BCUT2D eigenvalue weighted by atomic mass is 19.2. The zero-order chi connectivity index (χ0) is 21.2. The van der Waals surface area contributed by atoms with E-state index < -0.39 is 19.1 Å². The van der Waals surface area contributed by atoms with E-state index in [1.54, 1.807) is 25.3 Å². The van der Waals surface area contributed by atoms with Crippen LogP contribution in [0.3, 0.4) is 0 Å². The lowest BCUT2D eigenvalue weighted by atomic mass is 10.0. The van der Waals surface area contributed by atoms with E-state index >= 15 is 0 Å². The van der Waals surface area contributed by atoms with Crippen LogP contribution in [0.2, 0.25) is 0 Å². The van der Waals surface area contributed by atoms with Crippen LogP contribution < -0.4 is 9.47 Å². The zero-order valence-corrected chi connectivity index (χ0v) is 15.9. The largest absolute Gasteiger partial charge is 0.497 e. The van der Waals surface area contributed by atoms with E-state index in [0.717, 1.165) is 5.56 Å². The van der Waals surface area contributed by atoms with Crippen molar-refractivity contribution in [2.24, 2.45) is 0 Å². The smallest absolute Gasteiger partial charge is 0.495 e. The summed E-state index contributed by atoms with van der Waals surface area (Å²) in [5, 5.41) is 0. The van der Waals surface area contributed by atoms with E-state index in [2.05, 4.69) is 9.47 Å². The number of hydrogen-bond donors (Lipinski definition) is 0. The maximum atomic E-state index is 12.6. The lowest BCUT2D eigenvalue weighted by Crippen LogP contribution is -2.07. The third-order valence-corrected chi connectivity index (χ3v) is 3.84. The number of ether oxygens (including phenoxy) is 5. The molecule has 0 aliphatic rings. The maximum Gasteiger partial charge on any atom is 0.495 e. The molecule has 0 N–H and O–H groups in total. The molecule has 9 heteroatoms. The minimum absolute atomic E-state index is 0.103. The first-order valence-electron chi connectivity index (χ1n) is 8.46. The van der Waals surface area contributed by atoms with E-state index in [0.29, 0.717) is 28.2 Å². The van der Waals surface area contributed by atoms with Gasteiger partial charge in [0.2, 0.25) is 0 Å². The molecule has 29 heavy (non-hydrogen) atoms. The van der Waals surface area contributed by atoms with Gasteiger partial charge in [-0.1, -0.05) is 12.1 Å². The van der Waals surface area contributed by atoms with Crippen molar-refractivity contribution in [1.82, 2.24) is 0 Å². The molecule has 156 valence electrons. The molecule has 0 atom stereocenters. The van der Waals surface area contributed by atoms with Gasteiger partial charge in [0.25, 0.3) is 0 Å². The summed E-state index contributed by atoms with van der Waals surface area (Å²) in [6.45, 7) is -0.523. The van der Waals surface area contributed by atoms with Crippen LogP contribution in [0.1, 0.15) is 22.3 Å².